The van der Waals surface area contributed by atoms with Gasteiger partial charge in [-0.3, -0.25) is 0 Å². The number of allylic oxidation sites excluding steroid dienone is 4. The molecule has 1 aliphatic carbocycles. The molecule has 0 N–H and O–H groups in total. The van der Waals surface area contributed by atoms with Gasteiger partial charge >= 0.3 is 56.6 Å². The van der Waals surface area contributed by atoms with Gasteiger partial charge in [0.2, 0.25) is 0 Å². The van der Waals surface area contributed by atoms with Crippen molar-refractivity contribution in [3.05, 3.63) is 23.8 Å². The maximum atomic E-state index is 3.84. The van der Waals surface area contributed by atoms with E-state index in [4.69, 9.17) is 0 Å². The fourth-order valence-electron chi connectivity index (χ4n) is 0.958. The van der Waals surface area contributed by atoms with Crippen molar-refractivity contribution in [1.82, 2.24) is 0 Å². The molecule has 0 aromatic carbocycles. The molecule has 9 heavy (non-hydrogen) atoms. The van der Waals surface area contributed by atoms with E-state index in [1.165, 1.54) is 5.57 Å². The van der Waals surface area contributed by atoms with Gasteiger partial charge < -0.3 is 0 Å². The van der Waals surface area contributed by atoms with Crippen LogP contribution in [0.15, 0.2) is 23.8 Å². The molecule has 42 valence electrons. The van der Waals surface area contributed by atoms with Crippen LogP contribution in [-0.4, -0.2) is 25.9 Å². The third-order valence-electron chi connectivity index (χ3n) is 1.47. The Morgan fingerprint density at radius 3 is 1.89 bits per heavy atom. The van der Waals surface area contributed by atoms with E-state index < -0.39 is 0 Å². The standard InChI is InChI=1S/C7H8B2/c1-2-5-6(8)3-4-7(5)9/h2-4,8-9H,1H3. The molecular weight excluding hydrogens is 106 g/mol. The van der Waals surface area contributed by atoms with Gasteiger partial charge in [-0.25, -0.2) is 0 Å². The van der Waals surface area contributed by atoms with Crippen molar-refractivity contribution < 1.29 is 0 Å². The minimum absolute atomic E-state index is 1.07. The van der Waals surface area contributed by atoms with E-state index in [2.05, 4.69) is 15.0 Å². The van der Waals surface area contributed by atoms with Crippen LogP contribution in [0.2, 0.25) is 0 Å². The van der Waals surface area contributed by atoms with Gasteiger partial charge in [0.1, 0.15) is 0 Å². The summed E-state index contributed by atoms with van der Waals surface area (Å²) in [7, 11) is 7.68. The van der Waals surface area contributed by atoms with Gasteiger partial charge in [-0.2, -0.15) is 0 Å². The average Bonchev–Trinajstić information content (AvgIpc) is 2.12. The van der Waals surface area contributed by atoms with Crippen LogP contribution in [0.4, 0.5) is 0 Å². The van der Waals surface area contributed by atoms with E-state index in [9.17, 15) is 0 Å². The molecule has 0 fully saturated rings. The number of hydrogen-bond donors (Lipinski definition) is 0. The van der Waals surface area contributed by atoms with Crippen molar-refractivity contribution in [1.29, 1.82) is 0 Å². The Bertz CT molecular complexity index is 201. The van der Waals surface area contributed by atoms with Crippen LogP contribution in [0.3, 0.4) is 0 Å². The summed E-state index contributed by atoms with van der Waals surface area (Å²) >= 11 is 0. The third kappa shape index (κ3) is 1.02. The molecular formula is C7H8B2. The fourth-order valence-corrected chi connectivity index (χ4v) is 0.958. The summed E-state index contributed by atoms with van der Waals surface area (Å²) < 4.78 is 0. The Labute approximate surface area is 57.4 Å². The second kappa shape index (κ2) is 2.30. The molecule has 0 aliphatic heterocycles. The Morgan fingerprint density at radius 2 is 1.67 bits per heavy atom. The van der Waals surface area contributed by atoms with E-state index in [0.717, 1.165) is 10.9 Å². The van der Waals surface area contributed by atoms with Crippen LogP contribution in [0.5, 0.6) is 0 Å². The van der Waals surface area contributed by atoms with Gasteiger partial charge in [-0.05, 0) is 0 Å². The zero-order chi connectivity index (χ0) is 6.85. The SMILES string of the molecule is B=C1C=CC(=B)C1=CC. The van der Waals surface area contributed by atoms with Crippen molar-refractivity contribution in [2.75, 3.05) is 0 Å². The summed E-state index contributed by atoms with van der Waals surface area (Å²) in [5, 5.41) is 0. The Morgan fingerprint density at radius 1 is 1.22 bits per heavy atom. The summed E-state index contributed by atoms with van der Waals surface area (Å²) in [6.07, 6.45) is 6.00. The Balaban J connectivity index is 3.02. The molecule has 1 aliphatic rings. The van der Waals surface area contributed by atoms with Crippen molar-refractivity contribution in [2.24, 2.45) is 0 Å². The molecule has 0 heterocycles. The molecule has 0 nitrogen and oxygen atoms in total. The molecule has 0 aromatic heterocycles. The van der Waals surface area contributed by atoms with Gasteiger partial charge in [-0.15, -0.1) is 0 Å². The van der Waals surface area contributed by atoms with Crippen LogP contribution in [-0.2, 0) is 0 Å². The Kier molecular flexibility index (Phi) is 1.65. The third-order valence-corrected chi connectivity index (χ3v) is 1.47. The van der Waals surface area contributed by atoms with Gasteiger partial charge in [0.15, 0.2) is 0 Å². The number of rotatable bonds is 0. The van der Waals surface area contributed by atoms with Crippen LogP contribution >= 0.6 is 0 Å². The number of hydrogen-bond acceptors (Lipinski definition) is 0. The van der Waals surface area contributed by atoms with E-state index in [-0.39, 0.29) is 0 Å². The summed E-state index contributed by atoms with van der Waals surface area (Å²) in [4.78, 5) is 0. The molecule has 2 heteroatoms. The summed E-state index contributed by atoms with van der Waals surface area (Å²) in [6, 6.07) is 0. The molecule has 0 saturated heterocycles. The summed E-state index contributed by atoms with van der Waals surface area (Å²) in [5.74, 6) is 0. The van der Waals surface area contributed by atoms with Crippen LogP contribution in [0.25, 0.3) is 0 Å². The van der Waals surface area contributed by atoms with Crippen molar-refractivity contribution in [3.8, 4) is 0 Å². The molecule has 1 rings (SSSR count). The predicted octanol–water partition coefficient (Wildman–Crippen LogP) is -0.351. The van der Waals surface area contributed by atoms with Crippen LogP contribution in [0, 0.1) is 0 Å². The van der Waals surface area contributed by atoms with Gasteiger partial charge in [0, 0.05) is 0 Å². The maximum absolute atomic E-state index is 3.84. The fraction of sp³-hybridized carbons (Fsp3) is 0.143. The first-order valence-electron chi connectivity index (χ1n) is 2.98. The summed E-state index contributed by atoms with van der Waals surface area (Å²) in [5.41, 5.74) is 3.32. The van der Waals surface area contributed by atoms with Gasteiger partial charge in [0.05, 0.1) is 0 Å². The van der Waals surface area contributed by atoms with E-state index >= 15 is 0 Å². The van der Waals surface area contributed by atoms with Crippen molar-refractivity contribution >= 4 is 25.9 Å². The van der Waals surface area contributed by atoms with Gasteiger partial charge in [0.25, 0.3) is 0 Å². The molecule has 0 aromatic rings. The molecule has 0 atom stereocenters. The molecule has 0 bridgehead atoms. The predicted molar refractivity (Wildman–Crippen MR) is 47.2 cm³/mol. The van der Waals surface area contributed by atoms with Crippen molar-refractivity contribution in [2.45, 2.75) is 6.92 Å². The second-order valence-corrected chi connectivity index (χ2v) is 2.09. The minimum atomic E-state index is 1.07. The molecule has 0 saturated carbocycles. The first-order chi connectivity index (χ1) is 4.25. The van der Waals surface area contributed by atoms with E-state index in [1.54, 1.807) is 0 Å². The average molecular weight is 114 g/mol. The topological polar surface area (TPSA) is 0 Å². The summed E-state index contributed by atoms with van der Waals surface area (Å²) in [6.45, 7) is 2.00. The van der Waals surface area contributed by atoms with Crippen LogP contribution < -0.4 is 0 Å². The zero-order valence-electron chi connectivity index (χ0n) is 5.65. The molecule has 0 amide bonds. The first-order valence-corrected chi connectivity index (χ1v) is 2.98. The monoisotopic (exact) mass is 114 g/mol. The first kappa shape index (κ1) is 6.47. The second-order valence-electron chi connectivity index (χ2n) is 2.09. The normalized spacial score (nSPS) is 17.0. The molecule has 0 unspecified atom stereocenters. The van der Waals surface area contributed by atoms with E-state index in [1.807, 2.05) is 25.2 Å². The Hall–Kier alpha value is -0.650. The van der Waals surface area contributed by atoms with E-state index in [0.29, 0.717) is 0 Å². The van der Waals surface area contributed by atoms with Crippen molar-refractivity contribution in [3.63, 3.8) is 0 Å². The quantitative estimate of drug-likeness (QED) is 0.377. The molecule has 0 radical (unpaired) electrons. The van der Waals surface area contributed by atoms with Gasteiger partial charge in [-0.1, -0.05) is 0 Å². The zero-order valence-corrected chi connectivity index (χ0v) is 5.65. The molecule has 0 spiro atoms. The van der Waals surface area contributed by atoms with Crippen LogP contribution in [0.1, 0.15) is 6.92 Å².